The first-order chi connectivity index (χ1) is 4.51. The molecule has 0 radical (unpaired) electrons. The average molecular weight is 188 g/mol. The van der Waals surface area contributed by atoms with Gasteiger partial charge in [-0.3, -0.25) is 4.79 Å². The topological polar surface area (TPSA) is 63.3 Å². The van der Waals surface area contributed by atoms with E-state index in [0.29, 0.717) is 0 Å². The highest BCUT2D eigenvalue weighted by Gasteiger charge is 2.71. The van der Waals surface area contributed by atoms with Crippen LogP contribution in [0, 0.1) is 11.8 Å². The molecule has 66 valence electrons. The minimum Gasteiger partial charge on any atom is -0.481 e. The molecule has 1 aliphatic rings. The Kier molecular flexibility index (Phi) is 2.79. The van der Waals surface area contributed by atoms with Crippen LogP contribution in [-0.2, 0) is 4.79 Å². The lowest BCUT2D eigenvalue weighted by Crippen LogP contribution is -2.07. The van der Waals surface area contributed by atoms with Gasteiger partial charge in [-0.1, -0.05) is 0 Å². The Hall–Kier alpha value is -0.420. The Balaban J connectivity index is 0.000001000. The minimum absolute atomic E-state index is 0. The standard InChI is InChI=1S/C5H7F2NO2.ClH/c6-5(7)2(1-8)3(5)4(9)10;/h2-3H,1,8H2,(H,9,10);1H/t2-,3+;/m1./s1. The number of carboxylic acids is 1. The summed E-state index contributed by atoms with van der Waals surface area (Å²) < 4.78 is 24.5. The predicted octanol–water partition coefficient (Wildman–Crippen LogP) is 0.333. The van der Waals surface area contributed by atoms with Gasteiger partial charge in [-0.25, -0.2) is 8.78 Å². The Morgan fingerprint density at radius 2 is 2.09 bits per heavy atom. The number of rotatable bonds is 2. The van der Waals surface area contributed by atoms with E-state index in [1.165, 1.54) is 0 Å². The first-order valence-electron chi connectivity index (χ1n) is 2.82. The molecule has 0 saturated heterocycles. The van der Waals surface area contributed by atoms with Crippen LogP contribution in [0.3, 0.4) is 0 Å². The summed E-state index contributed by atoms with van der Waals surface area (Å²) in [6.07, 6.45) is 0. The van der Waals surface area contributed by atoms with Crippen LogP contribution in [0.5, 0.6) is 0 Å². The normalized spacial score (nSPS) is 32.3. The van der Waals surface area contributed by atoms with E-state index in [4.69, 9.17) is 10.8 Å². The van der Waals surface area contributed by atoms with Gasteiger partial charge >= 0.3 is 5.97 Å². The molecule has 11 heavy (non-hydrogen) atoms. The summed E-state index contributed by atoms with van der Waals surface area (Å²) in [6.45, 7) is -0.260. The number of hydrogen-bond donors (Lipinski definition) is 2. The summed E-state index contributed by atoms with van der Waals surface area (Å²) in [5.41, 5.74) is 4.89. The lowest BCUT2D eigenvalue weighted by atomic mass is 10.3. The third kappa shape index (κ3) is 1.44. The lowest BCUT2D eigenvalue weighted by molar-refractivity contribution is -0.140. The van der Waals surface area contributed by atoms with Crippen molar-refractivity contribution in [1.82, 2.24) is 0 Å². The molecule has 6 heteroatoms. The van der Waals surface area contributed by atoms with E-state index in [-0.39, 0.29) is 19.0 Å². The van der Waals surface area contributed by atoms with Crippen molar-refractivity contribution in [3.05, 3.63) is 0 Å². The van der Waals surface area contributed by atoms with E-state index in [1.54, 1.807) is 0 Å². The molecule has 1 aliphatic carbocycles. The molecule has 0 aromatic heterocycles. The minimum atomic E-state index is -3.07. The summed E-state index contributed by atoms with van der Waals surface area (Å²) in [4.78, 5) is 10.0. The van der Waals surface area contributed by atoms with E-state index in [1.807, 2.05) is 0 Å². The monoisotopic (exact) mass is 187 g/mol. The van der Waals surface area contributed by atoms with Crippen molar-refractivity contribution in [2.45, 2.75) is 5.92 Å². The fourth-order valence-electron chi connectivity index (χ4n) is 1.02. The third-order valence-electron chi connectivity index (χ3n) is 1.72. The molecule has 1 fully saturated rings. The van der Waals surface area contributed by atoms with Gasteiger partial charge in [-0.15, -0.1) is 12.4 Å². The lowest BCUT2D eigenvalue weighted by Gasteiger charge is -1.87. The van der Waals surface area contributed by atoms with Crippen LogP contribution in [0.2, 0.25) is 0 Å². The zero-order valence-electron chi connectivity index (χ0n) is 5.46. The molecule has 1 rings (SSSR count). The van der Waals surface area contributed by atoms with Crippen LogP contribution in [-0.4, -0.2) is 23.5 Å². The van der Waals surface area contributed by atoms with Crippen LogP contribution >= 0.6 is 12.4 Å². The molecule has 0 aromatic rings. The molecule has 0 aromatic carbocycles. The molecule has 0 unspecified atom stereocenters. The van der Waals surface area contributed by atoms with Gasteiger partial charge in [0.2, 0.25) is 0 Å². The van der Waals surface area contributed by atoms with Crippen molar-refractivity contribution in [2.24, 2.45) is 17.6 Å². The van der Waals surface area contributed by atoms with Crippen molar-refractivity contribution < 1.29 is 18.7 Å². The molecule has 2 atom stereocenters. The number of aliphatic carboxylic acids is 1. The number of hydrogen-bond acceptors (Lipinski definition) is 2. The highest BCUT2D eigenvalue weighted by Crippen LogP contribution is 2.54. The Morgan fingerprint density at radius 3 is 2.18 bits per heavy atom. The van der Waals surface area contributed by atoms with Crippen molar-refractivity contribution >= 4 is 18.4 Å². The number of carbonyl (C=O) groups is 1. The highest BCUT2D eigenvalue weighted by atomic mass is 35.5. The van der Waals surface area contributed by atoms with Crippen LogP contribution < -0.4 is 5.73 Å². The number of carboxylic acid groups (broad SMARTS) is 1. The maximum absolute atomic E-state index is 12.3. The maximum Gasteiger partial charge on any atom is 0.313 e. The summed E-state index contributed by atoms with van der Waals surface area (Å²) in [6, 6.07) is 0. The Bertz CT molecular complexity index is 176. The fourth-order valence-corrected chi connectivity index (χ4v) is 1.02. The molecule has 0 spiro atoms. The van der Waals surface area contributed by atoms with Gasteiger partial charge in [0.15, 0.2) is 0 Å². The van der Waals surface area contributed by atoms with Gasteiger partial charge in [-0.2, -0.15) is 0 Å². The van der Waals surface area contributed by atoms with Gasteiger partial charge in [0.25, 0.3) is 5.92 Å². The zero-order valence-corrected chi connectivity index (χ0v) is 6.28. The van der Waals surface area contributed by atoms with Crippen LogP contribution in [0.25, 0.3) is 0 Å². The van der Waals surface area contributed by atoms with E-state index in [9.17, 15) is 13.6 Å². The molecule has 0 amide bonds. The van der Waals surface area contributed by atoms with Gasteiger partial charge in [-0.05, 0) is 0 Å². The largest absolute Gasteiger partial charge is 0.481 e. The van der Waals surface area contributed by atoms with Crippen LogP contribution in [0.4, 0.5) is 8.78 Å². The second kappa shape index (κ2) is 2.91. The second-order valence-corrected chi connectivity index (χ2v) is 2.33. The van der Waals surface area contributed by atoms with Crippen molar-refractivity contribution in [2.75, 3.05) is 6.54 Å². The maximum atomic E-state index is 12.3. The number of alkyl halides is 2. The van der Waals surface area contributed by atoms with E-state index in [2.05, 4.69) is 0 Å². The highest BCUT2D eigenvalue weighted by molar-refractivity contribution is 5.85. The first kappa shape index (κ1) is 10.6. The van der Waals surface area contributed by atoms with Gasteiger partial charge in [0, 0.05) is 6.54 Å². The van der Waals surface area contributed by atoms with Gasteiger partial charge < -0.3 is 10.8 Å². The molecule has 3 nitrogen and oxygen atoms in total. The molecule has 0 aliphatic heterocycles. The second-order valence-electron chi connectivity index (χ2n) is 2.33. The van der Waals surface area contributed by atoms with E-state index < -0.39 is 23.7 Å². The Morgan fingerprint density at radius 1 is 1.64 bits per heavy atom. The molecule has 1 saturated carbocycles. The molecule has 3 N–H and O–H groups in total. The van der Waals surface area contributed by atoms with Crippen LogP contribution in [0.1, 0.15) is 0 Å². The Labute approximate surface area is 68.0 Å². The summed E-state index contributed by atoms with van der Waals surface area (Å²) in [5.74, 6) is -7.22. The van der Waals surface area contributed by atoms with E-state index in [0.717, 1.165) is 0 Å². The molecule has 0 bridgehead atoms. The predicted molar refractivity (Wildman–Crippen MR) is 35.9 cm³/mol. The molecule has 0 heterocycles. The number of halogens is 3. The SMILES string of the molecule is Cl.NC[C@@H]1[C@@H](C(=O)O)C1(F)F. The van der Waals surface area contributed by atoms with Crippen molar-refractivity contribution in [3.8, 4) is 0 Å². The molecular formula is C5H8ClF2NO2. The smallest absolute Gasteiger partial charge is 0.313 e. The van der Waals surface area contributed by atoms with E-state index >= 15 is 0 Å². The average Bonchev–Trinajstić information content (AvgIpc) is 2.33. The van der Waals surface area contributed by atoms with Crippen LogP contribution in [0.15, 0.2) is 0 Å². The zero-order chi connectivity index (χ0) is 7.94. The van der Waals surface area contributed by atoms with Gasteiger partial charge in [0.05, 0.1) is 5.92 Å². The first-order valence-corrected chi connectivity index (χ1v) is 2.82. The summed E-state index contributed by atoms with van der Waals surface area (Å²) in [5, 5.41) is 8.15. The summed E-state index contributed by atoms with van der Waals surface area (Å²) >= 11 is 0. The van der Waals surface area contributed by atoms with Crippen molar-refractivity contribution in [1.29, 1.82) is 0 Å². The number of nitrogens with two attached hydrogens (primary N) is 1. The summed E-state index contributed by atoms with van der Waals surface area (Å²) in [7, 11) is 0. The third-order valence-corrected chi connectivity index (χ3v) is 1.72. The quantitative estimate of drug-likeness (QED) is 0.655. The molecular weight excluding hydrogens is 180 g/mol. The fraction of sp³-hybridized carbons (Fsp3) is 0.800. The van der Waals surface area contributed by atoms with Gasteiger partial charge in [0.1, 0.15) is 5.92 Å². The van der Waals surface area contributed by atoms with Crippen molar-refractivity contribution in [3.63, 3.8) is 0 Å².